The summed E-state index contributed by atoms with van der Waals surface area (Å²) in [6.45, 7) is 0.640. The number of hydrogen-bond acceptors (Lipinski definition) is 4. The second kappa shape index (κ2) is 7.55. The van der Waals surface area contributed by atoms with Crippen LogP contribution in [0.25, 0.3) is 0 Å². The predicted octanol–water partition coefficient (Wildman–Crippen LogP) is 3.07. The Kier molecular flexibility index (Phi) is 6.73. The van der Waals surface area contributed by atoms with Crippen LogP contribution in [-0.4, -0.2) is 34.0 Å². The number of benzene rings is 1. The van der Waals surface area contributed by atoms with E-state index in [9.17, 15) is 8.42 Å². The Morgan fingerprint density at radius 3 is 2.56 bits per heavy atom. The maximum Gasteiger partial charge on any atom is 0.234 e. The Bertz CT molecular complexity index is 493. The van der Waals surface area contributed by atoms with Gasteiger partial charge < -0.3 is 9.47 Å². The highest BCUT2D eigenvalue weighted by atomic mass is 79.9. The van der Waals surface area contributed by atoms with Crippen molar-refractivity contribution in [1.29, 1.82) is 0 Å². The van der Waals surface area contributed by atoms with Crippen molar-refractivity contribution in [2.75, 3.05) is 25.6 Å². The van der Waals surface area contributed by atoms with Crippen molar-refractivity contribution >= 4 is 47.3 Å². The molecule has 1 rings (SSSR count). The summed E-state index contributed by atoms with van der Waals surface area (Å²) in [5, 5.41) is 0.609. The lowest BCUT2D eigenvalue weighted by atomic mass is 10.3. The van der Waals surface area contributed by atoms with Gasteiger partial charge in [0, 0.05) is 15.7 Å². The minimum atomic E-state index is -3.49. The summed E-state index contributed by atoms with van der Waals surface area (Å²) in [4.78, 5) is 0. The summed E-state index contributed by atoms with van der Waals surface area (Å²) in [5.74, 6) is 0.437. The molecule has 0 aromatic heterocycles. The molecule has 0 radical (unpaired) electrons. The highest BCUT2D eigenvalue weighted by molar-refractivity contribution is 9.10. The zero-order valence-electron chi connectivity index (χ0n) is 9.24. The molecule has 0 heterocycles. The molecule has 18 heavy (non-hydrogen) atoms. The van der Waals surface area contributed by atoms with Gasteiger partial charge in [0.25, 0.3) is 0 Å². The fourth-order valence-electron chi connectivity index (χ4n) is 1.06. The zero-order chi connectivity index (χ0) is 13.6. The van der Waals surface area contributed by atoms with E-state index in [0.29, 0.717) is 17.4 Å². The monoisotopic (exact) mass is 376 g/mol. The number of hydrogen-bond donors (Lipinski definition) is 0. The molecule has 0 N–H and O–H groups in total. The molecule has 0 aliphatic carbocycles. The smallest absolute Gasteiger partial charge is 0.234 e. The summed E-state index contributed by atoms with van der Waals surface area (Å²) in [6.07, 6.45) is 0. The van der Waals surface area contributed by atoms with Crippen LogP contribution in [-0.2, 0) is 13.8 Å². The third-order valence-corrected chi connectivity index (χ3v) is 3.82. The first-order chi connectivity index (χ1) is 8.38. The van der Waals surface area contributed by atoms with E-state index in [2.05, 4.69) is 15.9 Å². The van der Waals surface area contributed by atoms with Gasteiger partial charge in [-0.05, 0) is 34.1 Å². The molecule has 102 valence electrons. The lowest BCUT2D eigenvalue weighted by molar-refractivity contribution is 0.111. The predicted molar refractivity (Wildman–Crippen MR) is 75.1 cm³/mol. The molecule has 1 aromatic rings. The maximum absolute atomic E-state index is 10.6. The topological polar surface area (TPSA) is 52.6 Å². The van der Waals surface area contributed by atoms with Crippen LogP contribution in [0.5, 0.6) is 5.75 Å². The van der Waals surface area contributed by atoms with Gasteiger partial charge in [0.1, 0.15) is 12.4 Å². The largest absolute Gasteiger partial charge is 0.490 e. The van der Waals surface area contributed by atoms with E-state index in [4.69, 9.17) is 31.8 Å². The number of rotatable bonds is 7. The molecule has 0 spiro atoms. The van der Waals surface area contributed by atoms with Crippen molar-refractivity contribution < 1.29 is 17.9 Å². The molecule has 0 unspecified atom stereocenters. The van der Waals surface area contributed by atoms with Gasteiger partial charge in [0.2, 0.25) is 9.05 Å². The fraction of sp³-hybridized carbons (Fsp3) is 0.400. The second-order valence-corrected chi connectivity index (χ2v) is 7.47. The SMILES string of the molecule is O=S(=O)(Cl)CCOCCOc1ccc(Cl)cc1Br. The highest BCUT2D eigenvalue weighted by Crippen LogP contribution is 2.27. The van der Waals surface area contributed by atoms with Crippen LogP contribution in [0, 0.1) is 0 Å². The van der Waals surface area contributed by atoms with Gasteiger partial charge in [-0.15, -0.1) is 0 Å². The molecule has 0 bridgehead atoms. The Labute approximate surface area is 124 Å². The van der Waals surface area contributed by atoms with Gasteiger partial charge in [-0.25, -0.2) is 8.42 Å². The molecule has 0 fully saturated rings. The Morgan fingerprint density at radius 1 is 1.22 bits per heavy atom. The van der Waals surface area contributed by atoms with E-state index in [1.807, 2.05) is 0 Å². The quantitative estimate of drug-likeness (QED) is 0.541. The molecule has 0 aliphatic heterocycles. The fourth-order valence-corrected chi connectivity index (χ4v) is 2.37. The van der Waals surface area contributed by atoms with Crippen molar-refractivity contribution in [2.45, 2.75) is 0 Å². The van der Waals surface area contributed by atoms with Crippen molar-refractivity contribution in [1.82, 2.24) is 0 Å². The van der Waals surface area contributed by atoms with E-state index < -0.39 is 9.05 Å². The average molecular weight is 378 g/mol. The third-order valence-electron chi connectivity index (χ3n) is 1.85. The molecular weight excluding hydrogens is 367 g/mol. The van der Waals surface area contributed by atoms with Crippen LogP contribution in [0.1, 0.15) is 0 Å². The molecular formula is C10H11BrCl2O4S. The summed E-state index contributed by atoms with van der Waals surface area (Å²) in [5.41, 5.74) is 0. The average Bonchev–Trinajstić information content (AvgIpc) is 2.24. The van der Waals surface area contributed by atoms with E-state index in [-0.39, 0.29) is 19.0 Å². The van der Waals surface area contributed by atoms with Crippen LogP contribution in [0.15, 0.2) is 22.7 Å². The second-order valence-electron chi connectivity index (χ2n) is 3.28. The Morgan fingerprint density at radius 2 is 1.94 bits per heavy atom. The third kappa shape index (κ3) is 6.80. The van der Waals surface area contributed by atoms with E-state index in [1.54, 1.807) is 18.2 Å². The standard InChI is InChI=1S/C10H11BrCl2O4S/c11-9-7-8(12)1-2-10(9)17-4-3-16-5-6-18(13,14)15/h1-2,7H,3-6H2. The highest BCUT2D eigenvalue weighted by Gasteiger charge is 2.05. The van der Waals surface area contributed by atoms with Gasteiger partial charge in [0.15, 0.2) is 0 Å². The minimum absolute atomic E-state index is 0.0526. The van der Waals surface area contributed by atoms with Gasteiger partial charge >= 0.3 is 0 Å². The van der Waals surface area contributed by atoms with Crippen LogP contribution >= 0.6 is 38.2 Å². The molecule has 8 heteroatoms. The Hall–Kier alpha value is -0.0100. The zero-order valence-corrected chi connectivity index (χ0v) is 13.1. The van der Waals surface area contributed by atoms with Crippen molar-refractivity contribution in [2.24, 2.45) is 0 Å². The van der Waals surface area contributed by atoms with Gasteiger partial charge in [-0.3, -0.25) is 0 Å². The minimum Gasteiger partial charge on any atom is -0.490 e. The number of halogens is 3. The lowest BCUT2D eigenvalue weighted by Gasteiger charge is -2.08. The summed E-state index contributed by atoms with van der Waals surface area (Å²) >= 11 is 9.09. The first kappa shape index (κ1) is 16.0. The normalized spacial score (nSPS) is 11.5. The van der Waals surface area contributed by atoms with Crippen molar-refractivity contribution in [3.8, 4) is 5.75 Å². The van der Waals surface area contributed by atoms with E-state index in [0.717, 1.165) is 4.47 Å². The first-order valence-electron chi connectivity index (χ1n) is 4.96. The Balaban J connectivity index is 2.22. The van der Waals surface area contributed by atoms with E-state index >= 15 is 0 Å². The van der Waals surface area contributed by atoms with Crippen molar-refractivity contribution in [3.05, 3.63) is 27.7 Å². The molecule has 1 aromatic carbocycles. The van der Waals surface area contributed by atoms with Gasteiger partial charge in [-0.2, -0.15) is 0 Å². The van der Waals surface area contributed by atoms with Crippen LogP contribution in [0.4, 0.5) is 0 Å². The van der Waals surface area contributed by atoms with Gasteiger partial charge in [0.05, 0.1) is 23.4 Å². The lowest BCUT2D eigenvalue weighted by Crippen LogP contribution is -2.12. The molecule has 0 saturated heterocycles. The van der Waals surface area contributed by atoms with Crippen LogP contribution < -0.4 is 4.74 Å². The summed E-state index contributed by atoms with van der Waals surface area (Å²) in [7, 11) is 1.53. The molecule has 0 aliphatic rings. The summed E-state index contributed by atoms with van der Waals surface area (Å²) in [6, 6.07) is 5.16. The summed E-state index contributed by atoms with van der Waals surface area (Å²) < 4.78 is 32.4. The first-order valence-corrected chi connectivity index (χ1v) is 8.61. The number of ether oxygens (including phenoxy) is 2. The van der Waals surface area contributed by atoms with Crippen molar-refractivity contribution in [3.63, 3.8) is 0 Å². The molecule has 0 atom stereocenters. The van der Waals surface area contributed by atoms with Crippen LogP contribution in [0.2, 0.25) is 5.02 Å². The maximum atomic E-state index is 10.6. The molecule has 0 saturated carbocycles. The molecule has 4 nitrogen and oxygen atoms in total. The van der Waals surface area contributed by atoms with Crippen LogP contribution in [0.3, 0.4) is 0 Å². The van der Waals surface area contributed by atoms with Gasteiger partial charge in [-0.1, -0.05) is 11.6 Å². The molecule has 0 amide bonds. The van der Waals surface area contributed by atoms with E-state index in [1.165, 1.54) is 0 Å².